The van der Waals surface area contributed by atoms with Gasteiger partial charge in [0.05, 0.1) is 4.70 Å². The molecule has 0 aliphatic rings. The van der Waals surface area contributed by atoms with Crippen molar-refractivity contribution in [2.75, 3.05) is 11.6 Å². The quantitative estimate of drug-likeness (QED) is 0.442. The number of nitrogen functional groups attached to an aromatic ring is 2. The summed E-state index contributed by atoms with van der Waals surface area (Å²) in [5.74, 6) is 5.64. The first-order chi connectivity index (χ1) is 5.29. The van der Waals surface area contributed by atoms with Crippen molar-refractivity contribution in [3.8, 4) is 0 Å². The second kappa shape index (κ2) is 2.10. The Bertz CT molecular complexity index is 393. The normalized spacial score (nSPS) is 10.5. The molecule has 0 bridgehead atoms. The number of para-hydroxylation sites is 1. The zero-order valence-corrected chi connectivity index (χ0v) is 6.64. The minimum atomic E-state index is 0.631. The fraction of sp³-hybridized carbons (Fsp3) is 0. The smallest absolute Gasteiger partial charge is 0.276 e. The van der Waals surface area contributed by atoms with Gasteiger partial charge in [-0.25, -0.2) is 0 Å². The van der Waals surface area contributed by atoms with E-state index in [1.807, 2.05) is 24.3 Å². The maximum absolute atomic E-state index is 5.64. The van der Waals surface area contributed by atoms with E-state index in [1.165, 1.54) is 16.0 Å². The molecule has 1 heterocycles. The first-order valence-electron chi connectivity index (χ1n) is 3.23. The molecule has 0 amide bonds. The molecule has 56 valence electrons. The van der Waals surface area contributed by atoms with Crippen LogP contribution >= 0.6 is 11.3 Å². The van der Waals surface area contributed by atoms with Crippen molar-refractivity contribution >= 4 is 26.7 Å². The zero-order valence-electron chi connectivity index (χ0n) is 5.82. The Balaban J connectivity index is 2.92. The van der Waals surface area contributed by atoms with Crippen LogP contribution in [0.25, 0.3) is 10.2 Å². The lowest BCUT2D eigenvalue weighted by atomic mass is 10.3. The summed E-state index contributed by atoms with van der Waals surface area (Å²) >= 11 is 1.49. The highest BCUT2D eigenvalue weighted by atomic mass is 32.1. The van der Waals surface area contributed by atoms with Gasteiger partial charge in [0.1, 0.15) is 0 Å². The Morgan fingerprint density at radius 1 is 1.27 bits per heavy atom. The number of nitrogens with zero attached hydrogens (tertiary/aromatic N) is 1. The van der Waals surface area contributed by atoms with Gasteiger partial charge in [0.25, 0.3) is 0 Å². The molecule has 4 N–H and O–H groups in total. The average Bonchev–Trinajstić information content (AvgIpc) is 2.30. The van der Waals surface area contributed by atoms with E-state index in [9.17, 15) is 0 Å². The molecule has 0 atom stereocenters. The van der Waals surface area contributed by atoms with Gasteiger partial charge in [-0.05, 0) is 23.5 Å². The lowest BCUT2D eigenvalue weighted by molar-refractivity contribution is -0.591. The monoisotopic (exact) mass is 166 g/mol. The molecule has 0 aliphatic heterocycles. The zero-order chi connectivity index (χ0) is 7.84. The lowest BCUT2D eigenvalue weighted by Gasteiger charge is -1.85. The number of benzene rings is 1. The van der Waals surface area contributed by atoms with Gasteiger partial charge in [0.2, 0.25) is 0 Å². The number of nitrogens with two attached hydrogens (primary N) is 2. The predicted molar refractivity (Wildman–Crippen MR) is 46.6 cm³/mol. The van der Waals surface area contributed by atoms with Gasteiger partial charge in [-0.2, -0.15) is 0 Å². The number of hydrogen-bond acceptors (Lipinski definition) is 3. The van der Waals surface area contributed by atoms with E-state index < -0.39 is 0 Å². The summed E-state index contributed by atoms with van der Waals surface area (Å²) in [5.41, 5.74) is 6.59. The molecular formula is C7H8N3S+. The van der Waals surface area contributed by atoms with Gasteiger partial charge in [0, 0.05) is 0 Å². The summed E-state index contributed by atoms with van der Waals surface area (Å²) in [6.45, 7) is 0. The van der Waals surface area contributed by atoms with E-state index in [0.717, 1.165) is 10.2 Å². The number of thiazole rings is 1. The van der Waals surface area contributed by atoms with Gasteiger partial charge in [-0.15, -0.1) is 4.68 Å². The summed E-state index contributed by atoms with van der Waals surface area (Å²) < 4.78 is 2.62. The molecule has 11 heavy (non-hydrogen) atoms. The largest absolute Gasteiger partial charge is 0.356 e. The first kappa shape index (κ1) is 6.42. The van der Waals surface area contributed by atoms with E-state index in [-0.39, 0.29) is 0 Å². The van der Waals surface area contributed by atoms with Crippen molar-refractivity contribution in [3.63, 3.8) is 0 Å². The molecule has 0 fully saturated rings. The third-order valence-corrected chi connectivity index (χ3v) is 2.55. The standard InChI is InChI=1S/C7H7N3S/c8-7-10(9)5-3-1-2-4-6(5)11-7/h1-4,8H,9H2/p+1. The topological polar surface area (TPSA) is 55.9 Å². The molecule has 0 saturated carbocycles. The molecule has 3 nitrogen and oxygen atoms in total. The number of fused-ring (bicyclic) bond motifs is 1. The Morgan fingerprint density at radius 3 is 2.73 bits per heavy atom. The highest BCUT2D eigenvalue weighted by molar-refractivity contribution is 7.21. The molecule has 2 rings (SSSR count). The molecule has 0 aliphatic carbocycles. The van der Waals surface area contributed by atoms with Crippen LogP contribution < -0.4 is 16.3 Å². The van der Waals surface area contributed by atoms with E-state index >= 15 is 0 Å². The van der Waals surface area contributed by atoms with Crippen LogP contribution in [0, 0.1) is 0 Å². The SMILES string of the molecule is Nc1sc2ccccc2[n+]1N. The van der Waals surface area contributed by atoms with Crippen molar-refractivity contribution in [1.82, 2.24) is 0 Å². The highest BCUT2D eigenvalue weighted by Crippen LogP contribution is 2.19. The molecule has 1 aromatic heterocycles. The number of aromatic nitrogens is 1. The first-order valence-corrected chi connectivity index (χ1v) is 4.05. The Morgan fingerprint density at radius 2 is 2.00 bits per heavy atom. The second-order valence-electron chi connectivity index (χ2n) is 2.28. The van der Waals surface area contributed by atoms with Gasteiger partial charge >= 0.3 is 5.13 Å². The Labute approximate surface area is 67.8 Å². The predicted octanol–water partition coefficient (Wildman–Crippen LogP) is 0.485. The molecule has 0 saturated heterocycles. The summed E-state index contributed by atoms with van der Waals surface area (Å²) in [4.78, 5) is 0. The van der Waals surface area contributed by atoms with E-state index in [0.29, 0.717) is 5.13 Å². The van der Waals surface area contributed by atoms with Gasteiger partial charge in [-0.1, -0.05) is 12.1 Å². The molecule has 0 spiro atoms. The molecule has 0 unspecified atom stereocenters. The fourth-order valence-corrected chi connectivity index (χ4v) is 1.86. The van der Waals surface area contributed by atoms with Gasteiger partial charge < -0.3 is 0 Å². The van der Waals surface area contributed by atoms with Gasteiger partial charge in [0.15, 0.2) is 5.52 Å². The summed E-state index contributed by atoms with van der Waals surface area (Å²) in [5, 5.41) is 0.631. The van der Waals surface area contributed by atoms with Crippen LogP contribution in [0.4, 0.5) is 5.13 Å². The molecule has 1 aromatic carbocycles. The highest BCUT2D eigenvalue weighted by Gasteiger charge is 2.09. The summed E-state index contributed by atoms with van der Waals surface area (Å²) in [6.07, 6.45) is 0. The lowest BCUT2D eigenvalue weighted by Crippen LogP contribution is -2.45. The van der Waals surface area contributed by atoms with Crippen LogP contribution in [0.15, 0.2) is 24.3 Å². The maximum Gasteiger partial charge on any atom is 0.356 e. The Hall–Kier alpha value is -1.29. The minimum absolute atomic E-state index is 0.631. The Kier molecular flexibility index (Phi) is 1.22. The van der Waals surface area contributed by atoms with Gasteiger partial charge in [-0.3, -0.25) is 11.6 Å². The van der Waals surface area contributed by atoms with Crippen LogP contribution in [0.5, 0.6) is 0 Å². The molecule has 2 aromatic rings. The minimum Gasteiger partial charge on any atom is -0.276 e. The number of rotatable bonds is 0. The van der Waals surface area contributed by atoms with Crippen LogP contribution in [0.2, 0.25) is 0 Å². The number of hydrogen-bond donors (Lipinski definition) is 2. The van der Waals surface area contributed by atoms with Crippen LogP contribution in [-0.2, 0) is 0 Å². The van der Waals surface area contributed by atoms with Crippen molar-refractivity contribution in [2.24, 2.45) is 0 Å². The van der Waals surface area contributed by atoms with E-state index in [4.69, 9.17) is 11.6 Å². The third-order valence-electron chi connectivity index (χ3n) is 1.58. The third kappa shape index (κ3) is 0.832. The average molecular weight is 166 g/mol. The van der Waals surface area contributed by atoms with E-state index in [1.54, 1.807) is 0 Å². The fourth-order valence-electron chi connectivity index (χ4n) is 1.02. The van der Waals surface area contributed by atoms with Crippen molar-refractivity contribution in [3.05, 3.63) is 24.3 Å². The van der Waals surface area contributed by atoms with E-state index in [2.05, 4.69) is 0 Å². The molecule has 4 heteroatoms. The summed E-state index contributed by atoms with van der Waals surface area (Å²) in [7, 11) is 0. The second-order valence-corrected chi connectivity index (χ2v) is 3.34. The van der Waals surface area contributed by atoms with Crippen LogP contribution in [-0.4, -0.2) is 0 Å². The van der Waals surface area contributed by atoms with Crippen molar-refractivity contribution in [2.45, 2.75) is 0 Å². The maximum atomic E-state index is 5.64. The molecular weight excluding hydrogens is 158 g/mol. The van der Waals surface area contributed by atoms with Crippen LogP contribution in [0.1, 0.15) is 0 Å². The molecule has 0 radical (unpaired) electrons. The number of anilines is 1. The van der Waals surface area contributed by atoms with Crippen molar-refractivity contribution in [1.29, 1.82) is 0 Å². The summed E-state index contributed by atoms with van der Waals surface area (Å²) in [6, 6.07) is 7.86. The van der Waals surface area contributed by atoms with Crippen LogP contribution in [0.3, 0.4) is 0 Å². The van der Waals surface area contributed by atoms with Crippen molar-refractivity contribution < 1.29 is 4.68 Å².